The van der Waals surface area contributed by atoms with Crippen molar-refractivity contribution in [1.82, 2.24) is 4.98 Å². The third kappa shape index (κ3) is 5.01. The Hall–Kier alpha value is -2.60. The number of pyridine rings is 1. The van der Waals surface area contributed by atoms with E-state index in [1.807, 2.05) is 30.3 Å². The Bertz CT molecular complexity index is 751. The van der Waals surface area contributed by atoms with Crippen LogP contribution < -0.4 is 15.1 Å². The molecule has 1 amide bonds. The van der Waals surface area contributed by atoms with Gasteiger partial charge in [-0.05, 0) is 37.1 Å². The van der Waals surface area contributed by atoms with Crippen LogP contribution in [0.15, 0.2) is 42.6 Å². The van der Waals surface area contributed by atoms with Crippen LogP contribution in [0.4, 0.5) is 17.1 Å². The average molecular weight is 383 g/mol. The Morgan fingerprint density at radius 3 is 2.46 bits per heavy atom. The van der Waals surface area contributed by atoms with Crippen molar-refractivity contribution in [2.75, 3.05) is 54.5 Å². The molecule has 2 aromatic rings. The molecule has 0 bridgehead atoms. The lowest BCUT2D eigenvalue weighted by Crippen LogP contribution is -2.36. The van der Waals surface area contributed by atoms with E-state index in [-0.39, 0.29) is 5.91 Å². The topological polar surface area (TPSA) is 57.7 Å². The van der Waals surface area contributed by atoms with Gasteiger partial charge >= 0.3 is 0 Å². The summed E-state index contributed by atoms with van der Waals surface area (Å²) in [5.41, 5.74) is 3.31. The maximum absolute atomic E-state index is 12.8. The van der Waals surface area contributed by atoms with E-state index >= 15 is 0 Å². The molecule has 28 heavy (non-hydrogen) atoms. The summed E-state index contributed by atoms with van der Waals surface area (Å²) in [6.45, 7) is 9.39. The van der Waals surface area contributed by atoms with E-state index in [1.54, 1.807) is 12.3 Å². The number of rotatable bonds is 8. The van der Waals surface area contributed by atoms with Gasteiger partial charge in [-0.15, -0.1) is 0 Å². The zero-order chi connectivity index (χ0) is 19.8. The molecule has 6 heteroatoms. The number of carbonyl (C=O) groups is 1. The van der Waals surface area contributed by atoms with Gasteiger partial charge in [0.15, 0.2) is 0 Å². The van der Waals surface area contributed by atoms with Gasteiger partial charge in [0.2, 0.25) is 0 Å². The lowest BCUT2D eigenvalue weighted by atomic mass is 10.2. The highest BCUT2D eigenvalue weighted by atomic mass is 16.5. The summed E-state index contributed by atoms with van der Waals surface area (Å²) >= 11 is 0. The number of hydrogen-bond acceptors (Lipinski definition) is 5. The number of amides is 1. The summed E-state index contributed by atoms with van der Waals surface area (Å²) in [6.07, 6.45) is 3.97. The maximum Gasteiger partial charge on any atom is 0.274 e. The van der Waals surface area contributed by atoms with Crippen LogP contribution >= 0.6 is 0 Å². The van der Waals surface area contributed by atoms with Crippen molar-refractivity contribution < 1.29 is 9.53 Å². The molecule has 150 valence electrons. The van der Waals surface area contributed by atoms with Crippen LogP contribution in [0.1, 0.15) is 37.2 Å². The second-order valence-electron chi connectivity index (χ2n) is 6.96. The predicted molar refractivity (Wildman–Crippen MR) is 114 cm³/mol. The molecule has 1 aromatic heterocycles. The fourth-order valence-corrected chi connectivity index (χ4v) is 3.46. The van der Waals surface area contributed by atoms with Crippen molar-refractivity contribution in [1.29, 1.82) is 0 Å². The fraction of sp³-hybridized carbons (Fsp3) is 0.455. The highest BCUT2D eigenvalue weighted by Gasteiger charge is 2.17. The fourth-order valence-electron chi connectivity index (χ4n) is 3.46. The van der Waals surface area contributed by atoms with E-state index in [0.717, 1.165) is 56.1 Å². The van der Waals surface area contributed by atoms with Gasteiger partial charge in [-0.3, -0.25) is 4.79 Å². The predicted octanol–water partition coefficient (Wildman–Crippen LogP) is 3.80. The molecule has 0 atom stereocenters. The minimum atomic E-state index is -0.190. The SMILES string of the molecule is CCCN(CCC)c1ccc(C(=O)Nc2ccccc2N2CCOCC2)nc1. The molecule has 0 saturated carbocycles. The summed E-state index contributed by atoms with van der Waals surface area (Å²) in [7, 11) is 0. The summed E-state index contributed by atoms with van der Waals surface area (Å²) < 4.78 is 5.43. The van der Waals surface area contributed by atoms with Crippen LogP contribution in [0.25, 0.3) is 0 Å². The molecule has 6 nitrogen and oxygen atoms in total. The van der Waals surface area contributed by atoms with Crippen molar-refractivity contribution in [3.05, 3.63) is 48.3 Å². The van der Waals surface area contributed by atoms with E-state index in [0.29, 0.717) is 18.9 Å². The van der Waals surface area contributed by atoms with E-state index < -0.39 is 0 Å². The standard InChI is InChI=1S/C22H30N4O2/c1-3-11-25(12-4-2)18-9-10-20(23-17-18)22(27)24-19-7-5-6-8-21(19)26-13-15-28-16-14-26/h5-10,17H,3-4,11-16H2,1-2H3,(H,24,27). The zero-order valence-corrected chi connectivity index (χ0v) is 16.9. The average Bonchev–Trinajstić information content (AvgIpc) is 2.75. The lowest BCUT2D eigenvalue weighted by Gasteiger charge is -2.30. The first kappa shape index (κ1) is 20.1. The minimum absolute atomic E-state index is 0.190. The first-order chi connectivity index (χ1) is 13.7. The number of anilines is 3. The Morgan fingerprint density at radius 1 is 1.11 bits per heavy atom. The number of nitrogens with zero attached hydrogens (tertiary/aromatic N) is 3. The Labute approximate surface area is 167 Å². The Balaban J connectivity index is 1.71. The maximum atomic E-state index is 12.8. The Kier molecular flexibility index (Phi) is 7.25. The van der Waals surface area contributed by atoms with Gasteiger partial charge in [0.1, 0.15) is 5.69 Å². The van der Waals surface area contributed by atoms with Crippen LogP contribution in [0.2, 0.25) is 0 Å². The van der Waals surface area contributed by atoms with Crippen molar-refractivity contribution in [3.8, 4) is 0 Å². The third-order valence-electron chi connectivity index (χ3n) is 4.84. The van der Waals surface area contributed by atoms with E-state index in [1.165, 1.54) is 0 Å². The van der Waals surface area contributed by atoms with Crippen LogP contribution in [0.5, 0.6) is 0 Å². The highest BCUT2D eigenvalue weighted by Crippen LogP contribution is 2.27. The highest BCUT2D eigenvalue weighted by molar-refractivity contribution is 6.04. The number of hydrogen-bond donors (Lipinski definition) is 1. The number of ether oxygens (including phenoxy) is 1. The largest absolute Gasteiger partial charge is 0.378 e. The summed E-state index contributed by atoms with van der Waals surface area (Å²) in [4.78, 5) is 21.7. The number of para-hydroxylation sites is 2. The zero-order valence-electron chi connectivity index (χ0n) is 16.9. The second-order valence-corrected chi connectivity index (χ2v) is 6.96. The van der Waals surface area contributed by atoms with Gasteiger partial charge in [-0.2, -0.15) is 0 Å². The second kappa shape index (κ2) is 10.1. The quantitative estimate of drug-likeness (QED) is 0.753. The smallest absolute Gasteiger partial charge is 0.274 e. The van der Waals surface area contributed by atoms with Crippen molar-refractivity contribution in [2.24, 2.45) is 0 Å². The number of benzene rings is 1. The van der Waals surface area contributed by atoms with Crippen LogP contribution in [0.3, 0.4) is 0 Å². The molecule has 1 N–H and O–H groups in total. The van der Waals surface area contributed by atoms with E-state index in [9.17, 15) is 4.79 Å². The van der Waals surface area contributed by atoms with Gasteiger partial charge in [0.05, 0.1) is 36.5 Å². The molecule has 1 aliphatic rings. The number of nitrogens with one attached hydrogen (secondary N) is 1. The minimum Gasteiger partial charge on any atom is -0.378 e. The molecular formula is C22H30N4O2. The molecule has 1 fully saturated rings. The van der Waals surface area contributed by atoms with Crippen LogP contribution in [-0.4, -0.2) is 50.3 Å². The van der Waals surface area contributed by atoms with Gasteiger partial charge in [-0.1, -0.05) is 26.0 Å². The number of carbonyl (C=O) groups excluding carboxylic acids is 1. The molecule has 1 aromatic carbocycles. The molecule has 1 saturated heterocycles. The number of morpholine rings is 1. The van der Waals surface area contributed by atoms with Crippen molar-refractivity contribution >= 4 is 23.0 Å². The van der Waals surface area contributed by atoms with Gasteiger partial charge in [-0.25, -0.2) is 4.98 Å². The molecule has 0 unspecified atom stereocenters. The molecule has 1 aliphatic heterocycles. The molecule has 2 heterocycles. The summed E-state index contributed by atoms with van der Waals surface area (Å²) in [5.74, 6) is -0.190. The van der Waals surface area contributed by atoms with Crippen molar-refractivity contribution in [3.63, 3.8) is 0 Å². The van der Waals surface area contributed by atoms with Crippen LogP contribution in [-0.2, 0) is 4.74 Å². The third-order valence-corrected chi connectivity index (χ3v) is 4.84. The molecule has 0 spiro atoms. The van der Waals surface area contributed by atoms with E-state index in [2.05, 4.69) is 33.9 Å². The van der Waals surface area contributed by atoms with Gasteiger partial charge < -0.3 is 19.9 Å². The molecule has 0 aliphatic carbocycles. The normalized spacial score (nSPS) is 14.0. The lowest BCUT2D eigenvalue weighted by molar-refractivity contribution is 0.102. The molecular weight excluding hydrogens is 352 g/mol. The summed E-state index contributed by atoms with van der Waals surface area (Å²) in [6, 6.07) is 11.7. The van der Waals surface area contributed by atoms with E-state index in [4.69, 9.17) is 4.74 Å². The van der Waals surface area contributed by atoms with Crippen molar-refractivity contribution in [2.45, 2.75) is 26.7 Å². The first-order valence-electron chi connectivity index (χ1n) is 10.2. The van der Waals surface area contributed by atoms with Gasteiger partial charge in [0, 0.05) is 26.2 Å². The van der Waals surface area contributed by atoms with Crippen LogP contribution in [0, 0.1) is 0 Å². The molecule has 3 rings (SSSR count). The first-order valence-corrected chi connectivity index (χ1v) is 10.2. The monoisotopic (exact) mass is 382 g/mol. The number of aromatic nitrogens is 1. The van der Waals surface area contributed by atoms with Gasteiger partial charge in [0.25, 0.3) is 5.91 Å². The Morgan fingerprint density at radius 2 is 1.82 bits per heavy atom. The summed E-state index contributed by atoms with van der Waals surface area (Å²) in [5, 5.41) is 3.03. The molecule has 0 radical (unpaired) electrons.